The molecule has 0 spiro atoms. The van der Waals surface area contributed by atoms with Gasteiger partial charge >= 0.3 is 0 Å². The number of carbonyl (C=O) groups is 1. The van der Waals surface area contributed by atoms with Crippen molar-refractivity contribution in [2.75, 3.05) is 18.4 Å². The van der Waals surface area contributed by atoms with Gasteiger partial charge in [0.15, 0.2) is 0 Å². The van der Waals surface area contributed by atoms with Crippen molar-refractivity contribution < 1.29 is 4.79 Å². The van der Waals surface area contributed by atoms with E-state index in [0.717, 1.165) is 3.57 Å². The molecule has 0 fully saturated rings. The van der Waals surface area contributed by atoms with Gasteiger partial charge in [0.25, 0.3) is 0 Å². The Morgan fingerprint density at radius 1 is 1.64 bits per heavy atom. The number of nitrogens with one attached hydrogen (secondary N) is 2. The Kier molecular flexibility index (Phi) is 4.57. The molecule has 1 aromatic heterocycles. The van der Waals surface area contributed by atoms with E-state index in [4.69, 9.17) is 0 Å². The first-order valence-corrected chi connectivity index (χ1v) is 5.28. The molecule has 0 aromatic carbocycles. The zero-order chi connectivity index (χ0) is 10.4. The van der Waals surface area contributed by atoms with E-state index in [0.29, 0.717) is 12.4 Å². The minimum atomic E-state index is -0.0399. The van der Waals surface area contributed by atoms with Crippen LogP contribution in [0.15, 0.2) is 12.5 Å². The van der Waals surface area contributed by atoms with Gasteiger partial charge in [0, 0.05) is 12.7 Å². The number of likely N-dealkylation sites (N-methyl/N-ethyl adjacent to an activating group) is 1. The maximum atomic E-state index is 11.1. The van der Waals surface area contributed by atoms with Gasteiger partial charge in [0.05, 0.1) is 10.1 Å². The number of carbonyl (C=O) groups excluding carboxylic acids is 1. The summed E-state index contributed by atoms with van der Waals surface area (Å²) >= 11 is 2.11. The van der Waals surface area contributed by atoms with Gasteiger partial charge < -0.3 is 10.6 Å². The van der Waals surface area contributed by atoms with Gasteiger partial charge in [0.2, 0.25) is 5.91 Å². The van der Waals surface area contributed by atoms with Crippen LogP contribution in [0.5, 0.6) is 0 Å². The lowest BCUT2D eigenvalue weighted by atomic mass is 10.5. The molecule has 0 aliphatic carbocycles. The van der Waals surface area contributed by atoms with Crippen LogP contribution in [0.3, 0.4) is 0 Å². The fraction of sp³-hybridized carbons (Fsp3) is 0.375. The Balaban J connectivity index is 2.46. The molecular formula is C8H11IN4O. The van der Waals surface area contributed by atoms with Gasteiger partial charge in [-0.3, -0.25) is 4.79 Å². The summed E-state index contributed by atoms with van der Waals surface area (Å²) in [4.78, 5) is 19.0. The molecule has 0 aliphatic heterocycles. The van der Waals surface area contributed by atoms with Crippen molar-refractivity contribution in [3.8, 4) is 0 Å². The summed E-state index contributed by atoms with van der Waals surface area (Å²) in [6, 6.07) is 0. The van der Waals surface area contributed by atoms with Gasteiger partial charge in [-0.25, -0.2) is 9.97 Å². The fourth-order valence-electron chi connectivity index (χ4n) is 0.866. The van der Waals surface area contributed by atoms with Crippen LogP contribution >= 0.6 is 22.6 Å². The second-order valence-corrected chi connectivity index (χ2v) is 3.69. The average Bonchev–Trinajstić information content (AvgIpc) is 2.17. The highest BCUT2D eigenvalue weighted by Crippen LogP contribution is 2.11. The summed E-state index contributed by atoms with van der Waals surface area (Å²) in [6.07, 6.45) is 3.13. The summed E-state index contributed by atoms with van der Waals surface area (Å²) < 4.78 is 0.898. The monoisotopic (exact) mass is 306 g/mol. The van der Waals surface area contributed by atoms with Crippen molar-refractivity contribution in [2.45, 2.75) is 6.92 Å². The third-order valence-electron chi connectivity index (χ3n) is 1.46. The number of aromatic nitrogens is 2. The molecule has 1 heterocycles. The topological polar surface area (TPSA) is 66.9 Å². The molecule has 1 aromatic rings. The summed E-state index contributed by atoms with van der Waals surface area (Å²) in [5, 5.41) is 5.61. The van der Waals surface area contributed by atoms with Crippen molar-refractivity contribution in [1.82, 2.24) is 15.3 Å². The molecule has 0 bridgehead atoms. The first kappa shape index (κ1) is 11.2. The molecule has 5 nitrogen and oxygen atoms in total. The lowest BCUT2D eigenvalue weighted by Crippen LogP contribution is -2.29. The summed E-state index contributed by atoms with van der Waals surface area (Å²) in [6.45, 7) is 2.76. The van der Waals surface area contributed by atoms with Crippen molar-refractivity contribution in [1.29, 1.82) is 0 Å². The van der Waals surface area contributed by atoms with Gasteiger partial charge in [-0.2, -0.15) is 0 Å². The van der Waals surface area contributed by atoms with E-state index < -0.39 is 0 Å². The first-order valence-electron chi connectivity index (χ1n) is 4.20. The predicted octanol–water partition coefficient (Wildman–Crippen LogP) is 0.629. The number of rotatable bonds is 4. The highest BCUT2D eigenvalue weighted by Gasteiger charge is 2.02. The van der Waals surface area contributed by atoms with Gasteiger partial charge in [-0.15, -0.1) is 0 Å². The molecule has 6 heteroatoms. The second kappa shape index (κ2) is 5.74. The Labute approximate surface area is 95.9 Å². The van der Waals surface area contributed by atoms with Crippen molar-refractivity contribution in [3.63, 3.8) is 0 Å². The number of hydrogen-bond donors (Lipinski definition) is 2. The molecule has 1 rings (SSSR count). The average molecular weight is 306 g/mol. The third-order valence-corrected chi connectivity index (χ3v) is 2.25. The SMILES string of the molecule is CCNC(=O)CNc1ncncc1I. The van der Waals surface area contributed by atoms with Gasteiger partial charge in [0.1, 0.15) is 12.1 Å². The van der Waals surface area contributed by atoms with Crippen LogP contribution in [-0.4, -0.2) is 29.0 Å². The highest BCUT2D eigenvalue weighted by atomic mass is 127. The summed E-state index contributed by atoms with van der Waals surface area (Å²) in [5.74, 6) is 0.647. The molecular weight excluding hydrogens is 295 g/mol. The molecule has 0 aliphatic rings. The van der Waals surface area contributed by atoms with Crippen LogP contribution in [0, 0.1) is 3.57 Å². The minimum Gasteiger partial charge on any atom is -0.360 e. The number of hydrogen-bond acceptors (Lipinski definition) is 4. The molecule has 2 N–H and O–H groups in total. The van der Waals surface area contributed by atoms with Crippen molar-refractivity contribution in [3.05, 3.63) is 16.1 Å². The largest absolute Gasteiger partial charge is 0.360 e. The number of amides is 1. The van der Waals surface area contributed by atoms with Crippen LogP contribution in [0.1, 0.15) is 6.92 Å². The van der Waals surface area contributed by atoms with Crippen LogP contribution in [0.25, 0.3) is 0 Å². The van der Waals surface area contributed by atoms with Crippen molar-refractivity contribution >= 4 is 34.3 Å². The highest BCUT2D eigenvalue weighted by molar-refractivity contribution is 14.1. The molecule has 1 amide bonds. The molecule has 0 saturated carbocycles. The summed E-state index contributed by atoms with van der Waals surface area (Å²) in [5.41, 5.74) is 0. The van der Waals surface area contributed by atoms with E-state index in [2.05, 4.69) is 43.2 Å². The molecule has 0 saturated heterocycles. The van der Waals surface area contributed by atoms with Crippen LogP contribution in [-0.2, 0) is 4.79 Å². The number of anilines is 1. The number of halogens is 1. The predicted molar refractivity (Wildman–Crippen MR) is 61.9 cm³/mol. The molecule has 14 heavy (non-hydrogen) atoms. The lowest BCUT2D eigenvalue weighted by Gasteiger charge is -2.06. The standard InChI is InChI=1S/C8H11IN4O/c1-2-11-7(14)4-12-8-6(9)3-10-5-13-8/h3,5H,2,4H2,1H3,(H,11,14)(H,10,12,13). The van der Waals surface area contributed by atoms with E-state index in [1.165, 1.54) is 6.33 Å². The molecule has 0 atom stereocenters. The maximum absolute atomic E-state index is 11.1. The van der Waals surface area contributed by atoms with E-state index in [9.17, 15) is 4.79 Å². The van der Waals surface area contributed by atoms with Crippen LogP contribution < -0.4 is 10.6 Å². The van der Waals surface area contributed by atoms with E-state index in [1.807, 2.05) is 6.92 Å². The minimum absolute atomic E-state index is 0.0399. The maximum Gasteiger partial charge on any atom is 0.239 e. The Morgan fingerprint density at radius 3 is 3.07 bits per heavy atom. The van der Waals surface area contributed by atoms with E-state index in [1.54, 1.807) is 6.20 Å². The van der Waals surface area contributed by atoms with Crippen LogP contribution in [0.4, 0.5) is 5.82 Å². The number of nitrogens with zero attached hydrogens (tertiary/aromatic N) is 2. The fourth-order valence-corrected chi connectivity index (χ4v) is 1.36. The Hall–Kier alpha value is -0.920. The van der Waals surface area contributed by atoms with E-state index >= 15 is 0 Å². The normalized spacial score (nSPS) is 9.57. The smallest absolute Gasteiger partial charge is 0.239 e. The lowest BCUT2D eigenvalue weighted by molar-refractivity contribution is -0.119. The van der Waals surface area contributed by atoms with Gasteiger partial charge in [-0.05, 0) is 29.5 Å². The Bertz CT molecular complexity index is 318. The third kappa shape index (κ3) is 3.44. The van der Waals surface area contributed by atoms with Crippen molar-refractivity contribution in [2.24, 2.45) is 0 Å². The first-order chi connectivity index (χ1) is 6.74. The van der Waals surface area contributed by atoms with E-state index in [-0.39, 0.29) is 12.5 Å². The van der Waals surface area contributed by atoms with Gasteiger partial charge in [-0.1, -0.05) is 0 Å². The quantitative estimate of drug-likeness (QED) is 0.801. The summed E-state index contributed by atoms with van der Waals surface area (Å²) in [7, 11) is 0. The Morgan fingerprint density at radius 2 is 2.43 bits per heavy atom. The molecule has 0 unspecified atom stereocenters. The van der Waals surface area contributed by atoms with Crippen LogP contribution in [0.2, 0.25) is 0 Å². The second-order valence-electron chi connectivity index (χ2n) is 2.53. The molecule has 0 radical (unpaired) electrons. The molecule has 76 valence electrons. The zero-order valence-corrected chi connectivity index (χ0v) is 9.91. The zero-order valence-electron chi connectivity index (χ0n) is 7.75.